The predicted octanol–water partition coefficient (Wildman–Crippen LogP) is 6.40. The topological polar surface area (TPSA) is 27.1 Å². The number of hydrogen-bond donors (Lipinski definition) is 0. The van der Waals surface area contributed by atoms with Gasteiger partial charge in [0.2, 0.25) is 0 Å². The van der Waals surface area contributed by atoms with E-state index in [0.717, 1.165) is 11.3 Å². The van der Waals surface area contributed by atoms with E-state index < -0.39 is 5.60 Å². The average Bonchev–Trinajstić information content (AvgIpc) is 3.04. The molecule has 25 heavy (non-hydrogen) atoms. The number of aromatic nitrogens is 2. The minimum atomic E-state index is -0.909. The van der Waals surface area contributed by atoms with Crippen molar-refractivity contribution < 1.29 is 4.74 Å². The van der Waals surface area contributed by atoms with Crippen molar-refractivity contribution >= 4 is 46.4 Å². The fourth-order valence-electron chi connectivity index (χ4n) is 2.73. The maximum atomic E-state index is 6.42. The second kappa shape index (κ2) is 7.18. The molecule has 0 N–H and O–H groups in total. The fourth-order valence-corrected chi connectivity index (χ4v) is 3.81. The highest BCUT2D eigenvalue weighted by molar-refractivity contribution is 6.36. The van der Waals surface area contributed by atoms with Crippen molar-refractivity contribution in [1.82, 2.24) is 9.55 Å². The van der Waals surface area contributed by atoms with Crippen LogP contribution in [0.5, 0.6) is 0 Å². The normalized spacial score (nSPS) is 13.7. The highest BCUT2D eigenvalue weighted by Gasteiger charge is 2.36. The molecule has 0 saturated heterocycles. The molecule has 0 aliphatic rings. The van der Waals surface area contributed by atoms with Gasteiger partial charge in [0.15, 0.2) is 0 Å². The maximum absolute atomic E-state index is 6.42. The molecule has 0 bridgehead atoms. The van der Waals surface area contributed by atoms with E-state index >= 15 is 0 Å². The van der Waals surface area contributed by atoms with E-state index in [1.54, 1.807) is 37.6 Å². The molecule has 2 aromatic carbocycles. The Balaban J connectivity index is 2.19. The van der Waals surface area contributed by atoms with Crippen LogP contribution in [0, 0.1) is 0 Å². The summed E-state index contributed by atoms with van der Waals surface area (Å²) in [6.45, 7) is 1.89. The van der Waals surface area contributed by atoms with Gasteiger partial charge in [-0.1, -0.05) is 52.5 Å². The molecular weight excluding hydrogens is 402 g/mol. The van der Waals surface area contributed by atoms with Crippen LogP contribution in [0.3, 0.4) is 0 Å². The summed E-state index contributed by atoms with van der Waals surface area (Å²) in [6, 6.07) is 10.6. The number of nitrogens with zero attached hydrogens (tertiary/aromatic N) is 2. The van der Waals surface area contributed by atoms with Crippen molar-refractivity contribution in [3.8, 4) is 5.69 Å². The fraction of sp³-hybridized carbons (Fsp3) is 0.167. The molecule has 0 saturated carbocycles. The Morgan fingerprint density at radius 1 is 0.960 bits per heavy atom. The van der Waals surface area contributed by atoms with E-state index in [2.05, 4.69) is 4.98 Å². The number of benzene rings is 2. The summed E-state index contributed by atoms with van der Waals surface area (Å²) in [6.07, 6.45) is 3.49. The summed E-state index contributed by atoms with van der Waals surface area (Å²) in [4.78, 5) is 4.49. The van der Waals surface area contributed by atoms with Gasteiger partial charge in [0, 0.05) is 40.1 Å². The summed E-state index contributed by atoms with van der Waals surface area (Å²) in [5.74, 6) is 0.628. The quantitative estimate of drug-likeness (QED) is 0.493. The molecule has 0 aliphatic carbocycles. The largest absolute Gasteiger partial charge is 0.366 e. The molecule has 1 heterocycles. The van der Waals surface area contributed by atoms with Gasteiger partial charge in [0.05, 0.1) is 10.7 Å². The lowest BCUT2D eigenvalue weighted by molar-refractivity contribution is 0.0303. The standard InChI is InChI=1S/C18H14Cl4N2O/c1-18(25-2,13-5-3-11(19)9-14(13)21)17-23-7-8-24(17)16-6-4-12(20)10-15(16)22/h3-10H,1-2H3. The van der Waals surface area contributed by atoms with E-state index in [4.69, 9.17) is 51.1 Å². The lowest BCUT2D eigenvalue weighted by Crippen LogP contribution is -2.30. The number of rotatable bonds is 4. The zero-order chi connectivity index (χ0) is 18.2. The molecule has 130 valence electrons. The Labute approximate surface area is 166 Å². The highest BCUT2D eigenvalue weighted by atomic mass is 35.5. The van der Waals surface area contributed by atoms with E-state index in [0.29, 0.717) is 25.9 Å². The van der Waals surface area contributed by atoms with Crippen molar-refractivity contribution in [3.63, 3.8) is 0 Å². The number of methoxy groups -OCH3 is 1. The van der Waals surface area contributed by atoms with Gasteiger partial charge >= 0.3 is 0 Å². The zero-order valence-corrected chi connectivity index (χ0v) is 16.5. The first-order chi connectivity index (χ1) is 11.9. The van der Waals surface area contributed by atoms with Gasteiger partial charge in [0.25, 0.3) is 0 Å². The first-order valence-corrected chi connectivity index (χ1v) is 8.88. The van der Waals surface area contributed by atoms with Crippen molar-refractivity contribution in [1.29, 1.82) is 0 Å². The first kappa shape index (κ1) is 18.6. The third-order valence-electron chi connectivity index (χ3n) is 4.09. The molecule has 0 fully saturated rings. The third kappa shape index (κ3) is 3.40. The summed E-state index contributed by atoms with van der Waals surface area (Å²) in [5.41, 5.74) is 0.583. The van der Waals surface area contributed by atoms with E-state index in [1.807, 2.05) is 29.8 Å². The minimum absolute atomic E-state index is 0.494. The van der Waals surface area contributed by atoms with Gasteiger partial charge in [0.1, 0.15) is 11.4 Å². The van der Waals surface area contributed by atoms with Gasteiger partial charge in [-0.3, -0.25) is 4.57 Å². The van der Waals surface area contributed by atoms with Gasteiger partial charge in [-0.15, -0.1) is 0 Å². The molecule has 1 atom stereocenters. The molecule has 3 nitrogen and oxygen atoms in total. The van der Waals surface area contributed by atoms with Crippen molar-refractivity contribution in [2.75, 3.05) is 7.11 Å². The SMILES string of the molecule is COC(C)(c1ccc(Cl)cc1Cl)c1nccn1-c1ccc(Cl)cc1Cl. The Bertz CT molecular complexity index is 925. The summed E-state index contributed by atoms with van der Waals surface area (Å²) >= 11 is 24.8. The number of halogens is 4. The van der Waals surface area contributed by atoms with Crippen molar-refractivity contribution in [3.05, 3.63) is 80.3 Å². The Morgan fingerprint density at radius 2 is 1.60 bits per heavy atom. The van der Waals surface area contributed by atoms with Crippen LogP contribution in [0.15, 0.2) is 48.8 Å². The Hall–Kier alpha value is -1.23. The van der Waals surface area contributed by atoms with Gasteiger partial charge in [-0.25, -0.2) is 4.98 Å². The molecule has 0 aliphatic heterocycles. The van der Waals surface area contributed by atoms with Crippen molar-refractivity contribution in [2.45, 2.75) is 12.5 Å². The molecule has 3 rings (SSSR count). The van der Waals surface area contributed by atoms with Crippen LogP contribution in [0.25, 0.3) is 5.69 Å². The summed E-state index contributed by atoms with van der Waals surface area (Å²) < 4.78 is 7.69. The van der Waals surface area contributed by atoms with E-state index in [1.165, 1.54) is 0 Å². The van der Waals surface area contributed by atoms with Crippen LogP contribution in [0.1, 0.15) is 18.3 Å². The smallest absolute Gasteiger partial charge is 0.150 e. The van der Waals surface area contributed by atoms with Crippen LogP contribution in [-0.2, 0) is 10.3 Å². The van der Waals surface area contributed by atoms with Gasteiger partial charge < -0.3 is 4.74 Å². The summed E-state index contributed by atoms with van der Waals surface area (Å²) in [5, 5.41) is 2.11. The average molecular weight is 416 g/mol. The molecule has 1 unspecified atom stereocenters. The molecule has 0 spiro atoms. The number of hydrogen-bond acceptors (Lipinski definition) is 2. The van der Waals surface area contributed by atoms with Crippen LogP contribution in [-0.4, -0.2) is 16.7 Å². The summed E-state index contributed by atoms with van der Waals surface area (Å²) in [7, 11) is 1.60. The minimum Gasteiger partial charge on any atom is -0.366 e. The molecule has 0 amide bonds. The van der Waals surface area contributed by atoms with Gasteiger partial charge in [-0.2, -0.15) is 0 Å². The number of ether oxygens (including phenoxy) is 1. The third-order valence-corrected chi connectivity index (χ3v) is 5.18. The number of imidazole rings is 1. The van der Waals surface area contributed by atoms with Crippen LogP contribution >= 0.6 is 46.4 Å². The van der Waals surface area contributed by atoms with E-state index in [-0.39, 0.29) is 0 Å². The molecular formula is C18H14Cl4N2O. The first-order valence-electron chi connectivity index (χ1n) is 7.36. The second-order valence-electron chi connectivity index (χ2n) is 5.58. The molecule has 3 aromatic rings. The van der Waals surface area contributed by atoms with Crippen LogP contribution in [0.2, 0.25) is 20.1 Å². The second-order valence-corrected chi connectivity index (χ2v) is 7.27. The lowest BCUT2D eigenvalue weighted by Gasteiger charge is -2.30. The van der Waals surface area contributed by atoms with Crippen LogP contribution in [0.4, 0.5) is 0 Å². The Morgan fingerprint density at radius 3 is 2.20 bits per heavy atom. The highest BCUT2D eigenvalue weighted by Crippen LogP contribution is 2.39. The van der Waals surface area contributed by atoms with Crippen LogP contribution < -0.4 is 0 Å². The maximum Gasteiger partial charge on any atom is 0.150 e. The molecule has 7 heteroatoms. The lowest BCUT2D eigenvalue weighted by atomic mass is 9.94. The van der Waals surface area contributed by atoms with E-state index in [9.17, 15) is 0 Å². The zero-order valence-electron chi connectivity index (χ0n) is 13.4. The molecule has 1 aromatic heterocycles. The Kier molecular flexibility index (Phi) is 5.33. The van der Waals surface area contributed by atoms with Gasteiger partial charge in [-0.05, 0) is 37.3 Å². The van der Waals surface area contributed by atoms with Crippen molar-refractivity contribution in [2.24, 2.45) is 0 Å². The monoisotopic (exact) mass is 414 g/mol. The predicted molar refractivity (Wildman–Crippen MR) is 104 cm³/mol. The molecule has 0 radical (unpaired) electrons.